The molecule has 6 rings (SSSR count). The maximum absolute atomic E-state index is 14.2. The monoisotopic (exact) mass is 595 g/mol. The highest BCUT2D eigenvalue weighted by Gasteiger charge is 2.39. The van der Waals surface area contributed by atoms with Gasteiger partial charge in [-0.25, -0.2) is 0 Å². The zero-order valence-electron chi connectivity index (χ0n) is 23.1. The molecule has 2 heterocycles. The molecule has 3 amide bonds. The first-order valence-electron chi connectivity index (χ1n) is 13.5. The molecule has 9 nitrogen and oxygen atoms in total. The van der Waals surface area contributed by atoms with Crippen LogP contribution in [0.4, 0.5) is 11.4 Å². The van der Waals surface area contributed by atoms with Gasteiger partial charge in [0.2, 0.25) is 12.7 Å². The van der Waals surface area contributed by atoms with Crippen molar-refractivity contribution in [1.29, 1.82) is 0 Å². The second-order valence-corrected chi connectivity index (χ2v) is 10.7. The standard InChI is InChI=1S/C33H26ClN3O6/c1-20-6-8-21(9-7-20)17-37(29(38)18-36-26-5-3-2-4-25(26)31(39)33(36)41)30(22-10-12-23(34)13-11-22)32(40)35-24-14-15-27-28(16-24)43-19-42-27/h2-16,30H,17-19H2,1H3,(H,35,40). The van der Waals surface area contributed by atoms with Crippen molar-refractivity contribution < 1.29 is 28.7 Å². The average Bonchev–Trinajstić information content (AvgIpc) is 3.57. The minimum Gasteiger partial charge on any atom is -0.454 e. The minimum absolute atomic E-state index is 0.0542. The van der Waals surface area contributed by atoms with Crippen LogP contribution in [0, 0.1) is 6.92 Å². The lowest BCUT2D eigenvalue weighted by molar-refractivity contribution is -0.139. The number of Topliss-reactive ketones (excluding diaryl/α,β-unsaturated/α-hetero) is 1. The molecule has 216 valence electrons. The van der Waals surface area contributed by atoms with Crippen LogP contribution in [-0.4, -0.2) is 41.7 Å². The molecule has 4 aromatic rings. The fourth-order valence-corrected chi connectivity index (χ4v) is 5.27. The number of ketones is 1. The Balaban J connectivity index is 1.38. The van der Waals surface area contributed by atoms with Crippen LogP contribution in [0.25, 0.3) is 0 Å². The van der Waals surface area contributed by atoms with E-state index >= 15 is 0 Å². The van der Waals surface area contributed by atoms with Crippen molar-refractivity contribution in [2.75, 3.05) is 23.6 Å². The summed E-state index contributed by atoms with van der Waals surface area (Å²) in [6.45, 7) is 1.66. The molecule has 0 bridgehead atoms. The average molecular weight is 596 g/mol. The van der Waals surface area contributed by atoms with E-state index in [1.165, 1.54) is 4.90 Å². The SMILES string of the molecule is Cc1ccc(CN(C(=O)CN2C(=O)C(=O)c3ccccc32)C(C(=O)Nc2ccc3c(c2)OCO3)c2ccc(Cl)cc2)cc1. The van der Waals surface area contributed by atoms with E-state index < -0.39 is 36.1 Å². The second-order valence-electron chi connectivity index (χ2n) is 10.3. The molecule has 0 fully saturated rings. The van der Waals surface area contributed by atoms with Gasteiger partial charge in [-0.15, -0.1) is 0 Å². The Morgan fingerprint density at radius 3 is 2.42 bits per heavy atom. The third-order valence-corrected chi connectivity index (χ3v) is 7.60. The Morgan fingerprint density at radius 2 is 1.65 bits per heavy atom. The van der Waals surface area contributed by atoms with Gasteiger partial charge in [0, 0.05) is 23.3 Å². The van der Waals surface area contributed by atoms with Crippen molar-refractivity contribution >= 4 is 46.5 Å². The lowest BCUT2D eigenvalue weighted by Gasteiger charge is -2.33. The summed E-state index contributed by atoms with van der Waals surface area (Å²) >= 11 is 6.17. The summed E-state index contributed by atoms with van der Waals surface area (Å²) < 4.78 is 10.8. The molecule has 0 radical (unpaired) electrons. The maximum Gasteiger partial charge on any atom is 0.299 e. The summed E-state index contributed by atoms with van der Waals surface area (Å²) in [5, 5.41) is 3.37. The number of ether oxygens (including phenoxy) is 2. The van der Waals surface area contributed by atoms with Gasteiger partial charge in [0.05, 0.1) is 11.3 Å². The van der Waals surface area contributed by atoms with Crippen LogP contribution >= 0.6 is 11.6 Å². The van der Waals surface area contributed by atoms with E-state index in [0.717, 1.165) is 16.0 Å². The predicted octanol–water partition coefficient (Wildman–Crippen LogP) is 5.32. The van der Waals surface area contributed by atoms with E-state index in [1.54, 1.807) is 66.7 Å². The largest absolute Gasteiger partial charge is 0.454 e. The molecule has 0 saturated carbocycles. The molecule has 43 heavy (non-hydrogen) atoms. The summed E-state index contributed by atoms with van der Waals surface area (Å²) in [4.78, 5) is 56.5. The van der Waals surface area contributed by atoms with Gasteiger partial charge in [0.25, 0.3) is 17.6 Å². The maximum atomic E-state index is 14.2. The number of nitrogens with one attached hydrogen (secondary N) is 1. The smallest absolute Gasteiger partial charge is 0.299 e. The fourth-order valence-electron chi connectivity index (χ4n) is 5.15. The Bertz CT molecular complexity index is 1740. The van der Waals surface area contributed by atoms with Crippen LogP contribution in [0.5, 0.6) is 11.5 Å². The number of carbonyl (C=O) groups excluding carboxylic acids is 4. The molecule has 0 spiro atoms. The number of rotatable bonds is 8. The molecule has 0 saturated heterocycles. The van der Waals surface area contributed by atoms with Gasteiger partial charge in [0.1, 0.15) is 12.6 Å². The Hall–Kier alpha value is -5.15. The van der Waals surface area contributed by atoms with Crippen molar-refractivity contribution in [2.45, 2.75) is 19.5 Å². The van der Waals surface area contributed by atoms with E-state index in [1.807, 2.05) is 31.2 Å². The summed E-state index contributed by atoms with van der Waals surface area (Å²) in [5.41, 5.74) is 3.36. The molecule has 0 aliphatic carbocycles. The van der Waals surface area contributed by atoms with Gasteiger partial charge in [-0.1, -0.05) is 65.7 Å². The number of para-hydroxylation sites is 1. The summed E-state index contributed by atoms with van der Waals surface area (Å²) in [6.07, 6.45) is 0. The first-order chi connectivity index (χ1) is 20.8. The van der Waals surface area contributed by atoms with Crippen molar-refractivity contribution in [1.82, 2.24) is 4.90 Å². The number of nitrogens with zero attached hydrogens (tertiary/aromatic N) is 2. The minimum atomic E-state index is -1.12. The lowest BCUT2D eigenvalue weighted by Crippen LogP contribution is -2.46. The third kappa shape index (κ3) is 5.67. The quantitative estimate of drug-likeness (QED) is 0.277. The number of benzene rings is 4. The van der Waals surface area contributed by atoms with Gasteiger partial charge in [-0.2, -0.15) is 0 Å². The van der Waals surface area contributed by atoms with Gasteiger partial charge in [-0.05, 0) is 54.4 Å². The molecule has 1 atom stereocenters. The molecule has 4 aromatic carbocycles. The van der Waals surface area contributed by atoms with E-state index in [4.69, 9.17) is 21.1 Å². The highest BCUT2D eigenvalue weighted by Crippen LogP contribution is 2.35. The van der Waals surface area contributed by atoms with Gasteiger partial charge in [-0.3, -0.25) is 24.1 Å². The van der Waals surface area contributed by atoms with E-state index in [0.29, 0.717) is 33.5 Å². The van der Waals surface area contributed by atoms with Crippen LogP contribution in [0.15, 0.2) is 91.0 Å². The number of amides is 3. The highest BCUT2D eigenvalue weighted by molar-refractivity contribution is 6.52. The van der Waals surface area contributed by atoms with Gasteiger partial charge >= 0.3 is 0 Å². The number of hydrogen-bond donors (Lipinski definition) is 1. The van der Waals surface area contributed by atoms with Gasteiger partial charge in [0.15, 0.2) is 11.5 Å². The van der Waals surface area contributed by atoms with Crippen molar-refractivity contribution in [3.05, 3.63) is 118 Å². The van der Waals surface area contributed by atoms with Crippen LogP contribution in [0.1, 0.15) is 33.1 Å². The van der Waals surface area contributed by atoms with E-state index in [2.05, 4.69) is 5.32 Å². The Kier molecular flexibility index (Phi) is 7.56. The molecular formula is C33H26ClN3O6. The number of hydrogen-bond acceptors (Lipinski definition) is 6. The first kappa shape index (κ1) is 28.0. The summed E-state index contributed by atoms with van der Waals surface area (Å²) in [5.74, 6) is -1.44. The highest BCUT2D eigenvalue weighted by atomic mass is 35.5. The Morgan fingerprint density at radius 1 is 0.930 bits per heavy atom. The molecule has 0 aromatic heterocycles. The first-order valence-corrected chi connectivity index (χ1v) is 13.9. The zero-order chi connectivity index (χ0) is 30.1. The molecule has 1 N–H and O–H groups in total. The fraction of sp³-hybridized carbons (Fsp3) is 0.152. The molecular weight excluding hydrogens is 570 g/mol. The molecule has 2 aliphatic heterocycles. The molecule has 2 aliphatic rings. The normalized spacial score (nSPS) is 14.0. The van der Waals surface area contributed by atoms with Crippen molar-refractivity contribution in [2.24, 2.45) is 0 Å². The van der Waals surface area contributed by atoms with Crippen LogP contribution in [-0.2, 0) is 20.9 Å². The van der Waals surface area contributed by atoms with Crippen molar-refractivity contribution in [3.63, 3.8) is 0 Å². The van der Waals surface area contributed by atoms with Gasteiger partial charge < -0.3 is 19.7 Å². The number of fused-ring (bicyclic) bond motifs is 2. The summed E-state index contributed by atoms with van der Waals surface area (Å²) in [6, 6.07) is 24.7. The second kappa shape index (κ2) is 11.6. The van der Waals surface area contributed by atoms with Crippen LogP contribution < -0.4 is 19.7 Å². The number of anilines is 2. The zero-order valence-corrected chi connectivity index (χ0v) is 23.8. The lowest BCUT2D eigenvalue weighted by atomic mass is 10.0. The molecule has 1 unspecified atom stereocenters. The predicted molar refractivity (Wildman–Crippen MR) is 160 cm³/mol. The van der Waals surface area contributed by atoms with E-state index in [-0.39, 0.29) is 18.9 Å². The van der Waals surface area contributed by atoms with Crippen molar-refractivity contribution in [3.8, 4) is 11.5 Å². The van der Waals surface area contributed by atoms with E-state index in [9.17, 15) is 19.2 Å². The number of halogens is 1. The topological polar surface area (TPSA) is 105 Å². The van der Waals surface area contributed by atoms with Crippen LogP contribution in [0.3, 0.4) is 0 Å². The summed E-state index contributed by atoms with van der Waals surface area (Å²) in [7, 11) is 0. The third-order valence-electron chi connectivity index (χ3n) is 7.35. The molecule has 10 heteroatoms. The number of carbonyl (C=O) groups is 4. The Labute approximate surface area is 252 Å². The number of aryl methyl sites for hydroxylation is 1. The van der Waals surface area contributed by atoms with Crippen LogP contribution in [0.2, 0.25) is 5.02 Å².